The molecule has 0 saturated carbocycles. The third-order valence-electron chi connectivity index (χ3n) is 2.93. The number of rotatable bonds is 4. The molecule has 0 aliphatic carbocycles. The molecule has 1 aliphatic heterocycles. The first-order valence-electron chi connectivity index (χ1n) is 5.97. The zero-order valence-electron chi connectivity index (χ0n) is 10.3. The first-order chi connectivity index (χ1) is 8.59. The Bertz CT molecular complexity index is 471. The van der Waals surface area contributed by atoms with Gasteiger partial charge < -0.3 is 5.32 Å². The minimum atomic E-state index is -3.42. The minimum Gasteiger partial charge on any atom is -0.314 e. The van der Waals surface area contributed by atoms with Gasteiger partial charge in [-0.25, -0.2) is 0 Å². The highest BCUT2D eigenvalue weighted by atomic mass is 32.2. The first-order valence-corrected chi connectivity index (χ1v) is 7.41. The molecule has 100 valence electrons. The Balaban J connectivity index is 2.03. The molecule has 0 bridgehead atoms. The molecule has 1 atom stereocenters. The van der Waals surface area contributed by atoms with Crippen LogP contribution >= 0.6 is 0 Å². The molecule has 0 aromatic carbocycles. The lowest BCUT2D eigenvalue weighted by atomic mass is 10.2. The molecule has 1 aliphatic rings. The Hall–Kier alpha value is -1.02. The summed E-state index contributed by atoms with van der Waals surface area (Å²) in [6.07, 6.45) is 3.34. The molecule has 2 N–H and O–H groups in total. The van der Waals surface area contributed by atoms with Gasteiger partial charge in [0.2, 0.25) is 0 Å². The van der Waals surface area contributed by atoms with Crippen molar-refractivity contribution in [1.29, 1.82) is 0 Å². The van der Waals surface area contributed by atoms with E-state index in [2.05, 4.69) is 15.0 Å². The quantitative estimate of drug-likeness (QED) is 0.800. The highest BCUT2D eigenvalue weighted by Gasteiger charge is 2.25. The predicted octanol–water partition coefficient (Wildman–Crippen LogP) is -0.118. The molecule has 1 fully saturated rings. The van der Waals surface area contributed by atoms with E-state index >= 15 is 0 Å². The second kappa shape index (κ2) is 5.75. The fourth-order valence-corrected chi connectivity index (χ4v) is 3.28. The van der Waals surface area contributed by atoms with E-state index in [9.17, 15) is 8.42 Å². The fourth-order valence-electron chi connectivity index (χ4n) is 1.88. The highest BCUT2D eigenvalue weighted by Crippen LogP contribution is 2.13. The number of piperazine rings is 1. The second-order valence-corrected chi connectivity index (χ2v) is 5.98. The maximum Gasteiger partial charge on any atom is 0.280 e. The summed E-state index contributed by atoms with van der Waals surface area (Å²) in [4.78, 5) is 3.99. The summed E-state index contributed by atoms with van der Waals surface area (Å²) >= 11 is 0. The molecule has 1 saturated heterocycles. The zero-order chi connectivity index (χ0) is 13.0. The average molecular weight is 270 g/mol. The second-order valence-electron chi connectivity index (χ2n) is 4.28. The van der Waals surface area contributed by atoms with Crippen molar-refractivity contribution in [2.24, 2.45) is 0 Å². The van der Waals surface area contributed by atoms with Crippen LogP contribution in [-0.4, -0.2) is 43.9 Å². The van der Waals surface area contributed by atoms with Gasteiger partial charge in [-0.15, -0.1) is 0 Å². The molecule has 7 heteroatoms. The van der Waals surface area contributed by atoms with Crippen molar-refractivity contribution < 1.29 is 8.42 Å². The molecule has 0 radical (unpaired) electrons. The molecular weight excluding hydrogens is 252 g/mol. The van der Waals surface area contributed by atoms with Crippen molar-refractivity contribution in [3.8, 4) is 0 Å². The van der Waals surface area contributed by atoms with Gasteiger partial charge in [0, 0.05) is 44.6 Å². The summed E-state index contributed by atoms with van der Waals surface area (Å²) in [5.41, 5.74) is 0.858. The monoisotopic (exact) mass is 270 g/mol. The van der Waals surface area contributed by atoms with Crippen LogP contribution < -0.4 is 10.0 Å². The topological polar surface area (TPSA) is 74.3 Å². The van der Waals surface area contributed by atoms with Gasteiger partial charge in [0.25, 0.3) is 10.2 Å². The largest absolute Gasteiger partial charge is 0.314 e. The summed E-state index contributed by atoms with van der Waals surface area (Å²) in [6.45, 7) is 4.23. The molecule has 1 unspecified atom stereocenters. The van der Waals surface area contributed by atoms with E-state index in [4.69, 9.17) is 0 Å². The van der Waals surface area contributed by atoms with E-state index < -0.39 is 10.2 Å². The van der Waals surface area contributed by atoms with Crippen molar-refractivity contribution >= 4 is 10.2 Å². The number of pyridine rings is 1. The van der Waals surface area contributed by atoms with Crippen LogP contribution in [0.15, 0.2) is 24.5 Å². The van der Waals surface area contributed by atoms with Crippen molar-refractivity contribution in [3.05, 3.63) is 30.1 Å². The van der Waals surface area contributed by atoms with E-state index in [1.165, 1.54) is 4.31 Å². The Morgan fingerprint density at radius 2 is 2.17 bits per heavy atom. The molecule has 0 amide bonds. The van der Waals surface area contributed by atoms with Crippen LogP contribution in [0.2, 0.25) is 0 Å². The standard InChI is InChI=1S/C11H18N4O2S/c1-10(11-3-2-4-13-9-11)14-18(16,17)15-7-5-12-6-8-15/h2-4,9-10,12,14H,5-8H2,1H3. The lowest BCUT2D eigenvalue weighted by Gasteiger charge is -2.28. The highest BCUT2D eigenvalue weighted by molar-refractivity contribution is 7.87. The molecular formula is C11H18N4O2S. The number of hydrogen-bond donors (Lipinski definition) is 2. The molecule has 1 aromatic rings. The van der Waals surface area contributed by atoms with Gasteiger partial charge in [-0.1, -0.05) is 6.07 Å². The third-order valence-corrected chi connectivity index (χ3v) is 4.62. The number of aromatic nitrogens is 1. The van der Waals surface area contributed by atoms with Gasteiger partial charge in [0.1, 0.15) is 0 Å². The van der Waals surface area contributed by atoms with Crippen LogP contribution in [0.3, 0.4) is 0 Å². The van der Waals surface area contributed by atoms with E-state index in [1.54, 1.807) is 18.5 Å². The molecule has 0 spiro atoms. The van der Waals surface area contributed by atoms with Crippen LogP contribution in [0, 0.1) is 0 Å². The SMILES string of the molecule is CC(NS(=O)(=O)N1CCNCC1)c1cccnc1. The summed E-state index contributed by atoms with van der Waals surface area (Å²) < 4.78 is 28.4. The van der Waals surface area contributed by atoms with E-state index in [-0.39, 0.29) is 6.04 Å². The van der Waals surface area contributed by atoms with Gasteiger partial charge in [-0.3, -0.25) is 4.98 Å². The maximum absolute atomic E-state index is 12.1. The number of nitrogens with zero attached hydrogens (tertiary/aromatic N) is 2. The van der Waals surface area contributed by atoms with Crippen LogP contribution in [0.25, 0.3) is 0 Å². The predicted molar refractivity (Wildman–Crippen MR) is 69.2 cm³/mol. The van der Waals surface area contributed by atoms with Crippen LogP contribution in [0.1, 0.15) is 18.5 Å². The Morgan fingerprint density at radius 3 is 2.78 bits per heavy atom. The van der Waals surface area contributed by atoms with Gasteiger partial charge >= 0.3 is 0 Å². The minimum absolute atomic E-state index is 0.279. The molecule has 2 rings (SSSR count). The Kier molecular flexibility index (Phi) is 4.28. The summed E-state index contributed by atoms with van der Waals surface area (Å²) in [5, 5.41) is 3.13. The third kappa shape index (κ3) is 3.26. The average Bonchev–Trinajstić information content (AvgIpc) is 2.40. The van der Waals surface area contributed by atoms with Crippen molar-refractivity contribution in [1.82, 2.24) is 19.3 Å². The van der Waals surface area contributed by atoms with Gasteiger partial charge in [-0.2, -0.15) is 17.4 Å². The lowest BCUT2D eigenvalue weighted by molar-refractivity contribution is 0.352. The van der Waals surface area contributed by atoms with Crippen molar-refractivity contribution in [2.45, 2.75) is 13.0 Å². The fraction of sp³-hybridized carbons (Fsp3) is 0.545. The molecule has 18 heavy (non-hydrogen) atoms. The molecule has 6 nitrogen and oxygen atoms in total. The van der Waals surface area contributed by atoms with Crippen molar-refractivity contribution in [3.63, 3.8) is 0 Å². The maximum atomic E-state index is 12.1. The van der Waals surface area contributed by atoms with Gasteiger partial charge in [0.05, 0.1) is 0 Å². The van der Waals surface area contributed by atoms with Crippen molar-refractivity contribution in [2.75, 3.05) is 26.2 Å². The first kappa shape index (κ1) is 13.4. The van der Waals surface area contributed by atoms with Gasteiger partial charge in [0.15, 0.2) is 0 Å². The van der Waals surface area contributed by atoms with Crippen LogP contribution in [0.4, 0.5) is 0 Å². The summed E-state index contributed by atoms with van der Waals surface area (Å²) in [5.74, 6) is 0. The van der Waals surface area contributed by atoms with E-state index in [0.717, 1.165) is 5.56 Å². The Labute approximate surface area is 108 Å². The van der Waals surface area contributed by atoms with Crippen LogP contribution in [-0.2, 0) is 10.2 Å². The van der Waals surface area contributed by atoms with E-state index in [0.29, 0.717) is 26.2 Å². The van der Waals surface area contributed by atoms with Gasteiger partial charge in [-0.05, 0) is 18.6 Å². The normalized spacial score (nSPS) is 19.6. The number of nitrogens with one attached hydrogen (secondary N) is 2. The zero-order valence-corrected chi connectivity index (χ0v) is 11.2. The Morgan fingerprint density at radius 1 is 1.44 bits per heavy atom. The van der Waals surface area contributed by atoms with E-state index in [1.807, 2.05) is 13.0 Å². The number of hydrogen-bond acceptors (Lipinski definition) is 4. The summed E-state index contributed by atoms with van der Waals surface area (Å²) in [6, 6.07) is 3.38. The molecule has 1 aromatic heterocycles. The summed E-state index contributed by atoms with van der Waals surface area (Å²) in [7, 11) is -3.42. The van der Waals surface area contributed by atoms with Crippen LogP contribution in [0.5, 0.6) is 0 Å². The molecule has 2 heterocycles. The smallest absolute Gasteiger partial charge is 0.280 e. The lowest BCUT2D eigenvalue weighted by Crippen LogP contribution is -2.50.